The van der Waals surface area contributed by atoms with E-state index in [0.29, 0.717) is 21.7 Å². The number of rotatable bonds is 2. The van der Waals surface area contributed by atoms with E-state index in [0.717, 1.165) is 0 Å². The highest BCUT2D eigenvalue weighted by atomic mass is 32.1. The predicted octanol–water partition coefficient (Wildman–Crippen LogP) is 2.35. The second kappa shape index (κ2) is 4.43. The van der Waals surface area contributed by atoms with Crippen molar-refractivity contribution in [3.8, 4) is 5.75 Å². The number of carbonyl (C=O) groups excluding carboxylic acids is 1. The fourth-order valence-corrected chi connectivity index (χ4v) is 1.08. The minimum atomic E-state index is -0.295. The fraction of sp³-hybridized carbons (Fsp3) is 0.250. The van der Waals surface area contributed by atoms with E-state index in [-0.39, 0.29) is 5.97 Å². The van der Waals surface area contributed by atoms with Crippen LogP contribution < -0.4 is 4.74 Å². The van der Waals surface area contributed by atoms with Crippen molar-refractivity contribution in [3.63, 3.8) is 0 Å². The highest BCUT2D eigenvalue weighted by Crippen LogP contribution is 2.22. The summed E-state index contributed by atoms with van der Waals surface area (Å²) in [6.07, 6.45) is 1.94. The van der Waals surface area contributed by atoms with Crippen LogP contribution in [0.3, 0.4) is 0 Å². The molecule has 70 valence electrons. The number of ether oxygens (including phenoxy) is 1. The van der Waals surface area contributed by atoms with Gasteiger partial charge in [0.25, 0.3) is 0 Å². The van der Waals surface area contributed by atoms with Gasteiger partial charge in [-0.25, -0.2) is 0 Å². The van der Waals surface area contributed by atoms with E-state index in [1.165, 1.54) is 0 Å². The predicted molar refractivity (Wildman–Crippen MR) is 54.8 cm³/mol. The van der Waals surface area contributed by atoms with Gasteiger partial charge in [0, 0.05) is 12.6 Å². The van der Waals surface area contributed by atoms with Gasteiger partial charge in [0.2, 0.25) is 0 Å². The average Bonchev–Trinajstić information content (AvgIpc) is 2.13. The Morgan fingerprint density at radius 2 is 2.46 bits per heavy atom. The number of H-pyrrole nitrogens is 1. The second-order valence-corrected chi connectivity index (χ2v) is 3.20. The number of thiol groups is 1. The Balaban J connectivity index is 2.96. The van der Waals surface area contributed by atoms with Crippen LogP contribution in [0.1, 0.15) is 13.3 Å². The van der Waals surface area contributed by atoms with Crippen molar-refractivity contribution in [1.29, 1.82) is 0 Å². The minimum absolute atomic E-state index is 0.295. The zero-order valence-corrected chi connectivity index (χ0v) is 8.74. The van der Waals surface area contributed by atoms with Crippen LogP contribution in [-0.2, 0) is 4.79 Å². The molecule has 0 aliphatic heterocycles. The second-order valence-electron chi connectivity index (χ2n) is 2.35. The molecule has 0 atom stereocenters. The lowest BCUT2D eigenvalue weighted by molar-refractivity contribution is -0.134. The zero-order valence-electron chi connectivity index (χ0n) is 7.03. The Hall–Kier alpha value is -0.810. The van der Waals surface area contributed by atoms with Gasteiger partial charge in [0.05, 0.1) is 4.90 Å². The van der Waals surface area contributed by atoms with Crippen molar-refractivity contribution in [2.45, 2.75) is 18.2 Å². The summed E-state index contributed by atoms with van der Waals surface area (Å²) in [5.74, 6) is 0.106. The summed E-state index contributed by atoms with van der Waals surface area (Å²) in [6, 6.07) is 1.62. The van der Waals surface area contributed by atoms with Crippen molar-refractivity contribution in [2.24, 2.45) is 0 Å². The molecule has 13 heavy (non-hydrogen) atoms. The number of esters is 1. The first-order chi connectivity index (χ1) is 6.15. The zero-order chi connectivity index (χ0) is 9.84. The molecular weight excluding hydrogens is 206 g/mol. The van der Waals surface area contributed by atoms with Crippen molar-refractivity contribution in [1.82, 2.24) is 4.98 Å². The Bertz CT molecular complexity index is 373. The van der Waals surface area contributed by atoms with Crippen LogP contribution in [0, 0.1) is 4.64 Å². The number of hydrogen-bond donors (Lipinski definition) is 2. The Kier molecular flexibility index (Phi) is 3.50. The molecule has 3 nitrogen and oxygen atoms in total. The van der Waals surface area contributed by atoms with E-state index < -0.39 is 0 Å². The van der Waals surface area contributed by atoms with Gasteiger partial charge in [-0.1, -0.05) is 19.1 Å². The third-order valence-corrected chi connectivity index (χ3v) is 2.33. The summed E-state index contributed by atoms with van der Waals surface area (Å²) in [4.78, 5) is 14.2. The number of aromatic amines is 1. The molecule has 0 bridgehead atoms. The number of aromatic nitrogens is 1. The molecule has 0 radical (unpaired) electrons. The van der Waals surface area contributed by atoms with Gasteiger partial charge in [-0.2, -0.15) is 0 Å². The monoisotopic (exact) mass is 215 g/mol. The fourth-order valence-electron chi connectivity index (χ4n) is 0.729. The molecule has 0 saturated carbocycles. The van der Waals surface area contributed by atoms with E-state index in [1.54, 1.807) is 19.2 Å². The molecule has 1 rings (SSSR count). The van der Waals surface area contributed by atoms with Gasteiger partial charge in [0.15, 0.2) is 0 Å². The maximum Gasteiger partial charge on any atom is 0.310 e. The number of hydrogen-bond acceptors (Lipinski definition) is 4. The standard InChI is InChI=1S/C8H9NO2S2/c1-2-6(10)11-5-3-4-9-8(13)7(5)12/h3-4,12H,2H2,1H3,(H,9,13). The Labute approximate surface area is 86.5 Å². The first-order valence-corrected chi connectivity index (χ1v) is 4.62. The van der Waals surface area contributed by atoms with E-state index >= 15 is 0 Å². The summed E-state index contributed by atoms with van der Waals surface area (Å²) in [5.41, 5.74) is 0. The van der Waals surface area contributed by atoms with E-state index in [9.17, 15) is 4.79 Å². The normalized spacial score (nSPS) is 9.69. The summed E-state index contributed by atoms with van der Waals surface area (Å²) in [6.45, 7) is 1.73. The number of nitrogens with one attached hydrogen (secondary N) is 1. The van der Waals surface area contributed by atoms with Crippen LogP contribution in [0.25, 0.3) is 0 Å². The lowest BCUT2D eigenvalue weighted by Gasteiger charge is -2.04. The van der Waals surface area contributed by atoms with Crippen LogP contribution in [0.2, 0.25) is 0 Å². The maximum absolute atomic E-state index is 10.9. The van der Waals surface area contributed by atoms with Crippen molar-refractivity contribution >= 4 is 30.8 Å². The van der Waals surface area contributed by atoms with Gasteiger partial charge < -0.3 is 9.72 Å². The molecule has 1 N–H and O–H groups in total. The van der Waals surface area contributed by atoms with Crippen molar-refractivity contribution in [2.75, 3.05) is 0 Å². The first kappa shape index (κ1) is 10.3. The summed E-state index contributed by atoms with van der Waals surface area (Å²) in [7, 11) is 0. The van der Waals surface area contributed by atoms with Crippen LogP contribution in [-0.4, -0.2) is 11.0 Å². The molecular formula is C8H9NO2S2. The van der Waals surface area contributed by atoms with Gasteiger partial charge in [-0.05, 0) is 6.07 Å². The highest BCUT2D eigenvalue weighted by Gasteiger charge is 2.05. The number of pyridine rings is 1. The molecule has 1 heterocycles. The molecule has 0 amide bonds. The molecule has 0 aliphatic carbocycles. The lowest BCUT2D eigenvalue weighted by Crippen LogP contribution is -2.06. The Morgan fingerprint density at radius 3 is 3.08 bits per heavy atom. The van der Waals surface area contributed by atoms with Crippen LogP contribution in [0.15, 0.2) is 17.2 Å². The quantitative estimate of drug-likeness (QED) is 0.452. The third kappa shape index (κ3) is 2.57. The molecule has 5 heteroatoms. The van der Waals surface area contributed by atoms with Gasteiger partial charge in [0.1, 0.15) is 10.4 Å². The van der Waals surface area contributed by atoms with Crippen LogP contribution >= 0.6 is 24.8 Å². The topological polar surface area (TPSA) is 42.1 Å². The average molecular weight is 215 g/mol. The molecule has 0 fully saturated rings. The van der Waals surface area contributed by atoms with E-state index in [1.807, 2.05) is 0 Å². The minimum Gasteiger partial charge on any atom is -0.425 e. The smallest absolute Gasteiger partial charge is 0.310 e. The third-order valence-electron chi connectivity index (χ3n) is 1.41. The molecule has 1 aromatic heterocycles. The van der Waals surface area contributed by atoms with Crippen molar-refractivity contribution < 1.29 is 9.53 Å². The Morgan fingerprint density at radius 1 is 1.77 bits per heavy atom. The van der Waals surface area contributed by atoms with Crippen LogP contribution in [0.4, 0.5) is 0 Å². The van der Waals surface area contributed by atoms with Crippen molar-refractivity contribution in [3.05, 3.63) is 16.9 Å². The van der Waals surface area contributed by atoms with E-state index in [2.05, 4.69) is 17.6 Å². The molecule has 0 aliphatic rings. The molecule has 0 saturated heterocycles. The van der Waals surface area contributed by atoms with Gasteiger partial charge >= 0.3 is 5.97 Å². The summed E-state index contributed by atoms with van der Waals surface area (Å²) < 4.78 is 5.44. The lowest BCUT2D eigenvalue weighted by atomic mass is 10.4. The highest BCUT2D eigenvalue weighted by molar-refractivity contribution is 7.81. The SMILES string of the molecule is CCC(=O)Oc1cc[nH]c(=S)c1S. The molecule has 0 unspecified atom stereocenters. The summed E-state index contributed by atoms with van der Waals surface area (Å²) in [5, 5.41) is 0. The molecule has 1 aromatic rings. The number of carbonyl (C=O) groups is 1. The molecule has 0 aromatic carbocycles. The van der Waals surface area contributed by atoms with Gasteiger partial charge in [-0.3, -0.25) is 4.79 Å². The summed E-state index contributed by atoms with van der Waals surface area (Å²) >= 11 is 9.02. The van der Waals surface area contributed by atoms with E-state index in [4.69, 9.17) is 17.0 Å². The molecule has 0 spiro atoms. The van der Waals surface area contributed by atoms with Crippen LogP contribution in [0.5, 0.6) is 5.75 Å². The maximum atomic E-state index is 10.9. The first-order valence-electron chi connectivity index (χ1n) is 3.76. The largest absolute Gasteiger partial charge is 0.425 e. The van der Waals surface area contributed by atoms with Gasteiger partial charge in [-0.15, -0.1) is 12.6 Å².